The van der Waals surface area contributed by atoms with Crippen molar-refractivity contribution < 1.29 is 13.6 Å². The Labute approximate surface area is 144 Å². The van der Waals surface area contributed by atoms with Gasteiger partial charge in [0.05, 0.1) is 5.69 Å². The van der Waals surface area contributed by atoms with E-state index in [9.17, 15) is 13.6 Å². The molecule has 2 aromatic rings. The monoisotopic (exact) mass is 346 g/mol. The summed E-state index contributed by atoms with van der Waals surface area (Å²) in [4.78, 5) is 20.7. The zero-order valence-electron chi connectivity index (χ0n) is 14.0. The number of hydrogen-bond donors (Lipinski definition) is 2. The van der Waals surface area contributed by atoms with E-state index in [0.29, 0.717) is 5.82 Å². The van der Waals surface area contributed by atoms with Crippen LogP contribution in [0.1, 0.15) is 48.4 Å². The van der Waals surface area contributed by atoms with Gasteiger partial charge in [-0.2, -0.15) is 0 Å². The highest BCUT2D eigenvalue weighted by Gasteiger charge is 2.18. The van der Waals surface area contributed by atoms with Gasteiger partial charge in [0.25, 0.3) is 5.91 Å². The average molecular weight is 346 g/mol. The van der Waals surface area contributed by atoms with Crippen molar-refractivity contribution in [3.63, 3.8) is 0 Å². The fourth-order valence-electron chi connectivity index (χ4n) is 2.98. The minimum absolute atomic E-state index is 0.0816. The van der Waals surface area contributed by atoms with E-state index in [4.69, 9.17) is 0 Å². The van der Waals surface area contributed by atoms with Crippen LogP contribution >= 0.6 is 0 Å². The second-order valence-corrected chi connectivity index (χ2v) is 6.24. The highest BCUT2D eigenvalue weighted by Crippen LogP contribution is 2.21. The van der Waals surface area contributed by atoms with Crippen molar-refractivity contribution in [2.75, 3.05) is 5.32 Å². The van der Waals surface area contributed by atoms with Crippen molar-refractivity contribution in [1.82, 2.24) is 15.3 Å². The maximum Gasteiger partial charge on any atom is 0.270 e. The molecule has 1 fully saturated rings. The zero-order chi connectivity index (χ0) is 17.8. The van der Waals surface area contributed by atoms with Crippen molar-refractivity contribution >= 4 is 17.4 Å². The summed E-state index contributed by atoms with van der Waals surface area (Å²) in [6.45, 7) is 1.66. The smallest absolute Gasteiger partial charge is 0.270 e. The van der Waals surface area contributed by atoms with E-state index in [0.717, 1.165) is 37.8 Å². The minimum atomic E-state index is -0.732. The number of aromatic nitrogens is 2. The molecule has 0 unspecified atom stereocenters. The zero-order valence-corrected chi connectivity index (χ0v) is 14.0. The Morgan fingerprint density at radius 2 is 1.88 bits per heavy atom. The highest BCUT2D eigenvalue weighted by molar-refractivity contribution is 5.93. The minimum Gasteiger partial charge on any atom is -0.348 e. The number of halogens is 2. The first kappa shape index (κ1) is 17.3. The van der Waals surface area contributed by atoms with Crippen molar-refractivity contribution in [1.29, 1.82) is 0 Å². The molecule has 0 radical (unpaired) electrons. The van der Waals surface area contributed by atoms with E-state index >= 15 is 0 Å². The van der Waals surface area contributed by atoms with Gasteiger partial charge in [0.1, 0.15) is 29.0 Å². The van der Waals surface area contributed by atoms with E-state index in [1.807, 2.05) is 0 Å². The second kappa shape index (κ2) is 7.55. The molecule has 5 nitrogen and oxygen atoms in total. The molecule has 1 aromatic heterocycles. The molecule has 1 aromatic carbocycles. The summed E-state index contributed by atoms with van der Waals surface area (Å²) >= 11 is 0. The predicted molar refractivity (Wildman–Crippen MR) is 90.7 cm³/mol. The van der Waals surface area contributed by atoms with Crippen LogP contribution in [-0.2, 0) is 0 Å². The van der Waals surface area contributed by atoms with E-state index in [2.05, 4.69) is 20.6 Å². The van der Waals surface area contributed by atoms with Gasteiger partial charge in [-0.25, -0.2) is 18.7 Å². The third kappa shape index (κ3) is 4.49. The SMILES string of the molecule is Cc1nc(Nc2ccc(F)cc2F)cc(C(=O)NC2CCCCC2)n1. The lowest BCUT2D eigenvalue weighted by Crippen LogP contribution is -2.36. The highest BCUT2D eigenvalue weighted by atomic mass is 19.1. The molecule has 0 aliphatic heterocycles. The van der Waals surface area contributed by atoms with Crippen LogP contribution in [0.25, 0.3) is 0 Å². The van der Waals surface area contributed by atoms with Crippen molar-refractivity contribution in [3.8, 4) is 0 Å². The van der Waals surface area contributed by atoms with Gasteiger partial charge in [0.15, 0.2) is 0 Å². The molecule has 0 saturated heterocycles. The lowest BCUT2D eigenvalue weighted by Gasteiger charge is -2.22. The number of carbonyl (C=O) groups excluding carboxylic acids is 1. The van der Waals surface area contributed by atoms with Crippen molar-refractivity contribution in [2.45, 2.75) is 45.1 Å². The Hall–Kier alpha value is -2.57. The molecule has 132 valence electrons. The van der Waals surface area contributed by atoms with E-state index < -0.39 is 11.6 Å². The van der Waals surface area contributed by atoms with Crippen LogP contribution in [0, 0.1) is 18.6 Å². The summed E-state index contributed by atoms with van der Waals surface area (Å²) in [6.07, 6.45) is 5.38. The number of nitrogens with one attached hydrogen (secondary N) is 2. The summed E-state index contributed by atoms with van der Waals surface area (Å²) in [7, 11) is 0. The predicted octanol–water partition coefficient (Wildman–Crippen LogP) is 3.87. The quantitative estimate of drug-likeness (QED) is 0.882. The number of anilines is 2. The van der Waals surface area contributed by atoms with Crippen LogP contribution in [0.5, 0.6) is 0 Å². The number of nitrogens with zero attached hydrogens (tertiary/aromatic N) is 2. The van der Waals surface area contributed by atoms with Gasteiger partial charge in [-0.15, -0.1) is 0 Å². The van der Waals surface area contributed by atoms with Crippen molar-refractivity contribution in [2.24, 2.45) is 0 Å². The third-order valence-electron chi connectivity index (χ3n) is 4.20. The maximum absolute atomic E-state index is 13.8. The van der Waals surface area contributed by atoms with E-state index in [1.165, 1.54) is 18.6 Å². The standard InChI is InChI=1S/C18H20F2N4O/c1-11-21-16(18(25)23-13-5-3-2-4-6-13)10-17(22-11)24-15-8-7-12(19)9-14(15)20/h7-10,13H,2-6H2,1H3,(H,23,25)(H,21,22,24). The average Bonchev–Trinajstić information content (AvgIpc) is 2.58. The molecule has 0 spiro atoms. The molecule has 0 bridgehead atoms. The molecule has 3 rings (SSSR count). The number of hydrogen-bond acceptors (Lipinski definition) is 4. The fraction of sp³-hybridized carbons (Fsp3) is 0.389. The van der Waals surface area contributed by atoms with Gasteiger partial charge in [0, 0.05) is 18.2 Å². The van der Waals surface area contributed by atoms with Gasteiger partial charge in [0.2, 0.25) is 0 Å². The van der Waals surface area contributed by atoms with Crippen LogP contribution in [0.4, 0.5) is 20.3 Å². The number of aryl methyl sites for hydroxylation is 1. The molecule has 25 heavy (non-hydrogen) atoms. The number of amides is 1. The number of benzene rings is 1. The molecule has 2 N–H and O–H groups in total. The second-order valence-electron chi connectivity index (χ2n) is 6.24. The number of rotatable bonds is 4. The molecule has 1 saturated carbocycles. The summed E-state index contributed by atoms with van der Waals surface area (Å²) < 4.78 is 26.8. The Balaban J connectivity index is 1.76. The lowest BCUT2D eigenvalue weighted by molar-refractivity contribution is 0.0922. The Bertz CT molecular complexity index is 776. The van der Waals surface area contributed by atoms with Crippen LogP contribution < -0.4 is 10.6 Å². The van der Waals surface area contributed by atoms with Crippen LogP contribution in [-0.4, -0.2) is 21.9 Å². The van der Waals surface area contributed by atoms with Gasteiger partial charge >= 0.3 is 0 Å². The molecule has 1 aliphatic carbocycles. The summed E-state index contributed by atoms with van der Waals surface area (Å²) in [5, 5.41) is 5.76. The molecule has 1 amide bonds. The molecule has 7 heteroatoms. The summed E-state index contributed by atoms with van der Waals surface area (Å²) in [6, 6.07) is 4.85. The summed E-state index contributed by atoms with van der Waals surface area (Å²) in [5.41, 5.74) is 0.307. The lowest BCUT2D eigenvalue weighted by atomic mass is 9.95. The molecule has 1 heterocycles. The van der Waals surface area contributed by atoms with E-state index in [-0.39, 0.29) is 29.1 Å². The van der Waals surface area contributed by atoms with Gasteiger partial charge in [-0.3, -0.25) is 4.79 Å². The first-order valence-electron chi connectivity index (χ1n) is 8.40. The number of carbonyl (C=O) groups is 1. The maximum atomic E-state index is 13.8. The van der Waals surface area contributed by atoms with Crippen LogP contribution in [0.3, 0.4) is 0 Å². The Morgan fingerprint density at radius 3 is 2.60 bits per heavy atom. The third-order valence-corrected chi connectivity index (χ3v) is 4.20. The molecule has 1 aliphatic rings. The van der Waals surface area contributed by atoms with Gasteiger partial charge in [-0.1, -0.05) is 19.3 Å². The molecular formula is C18H20F2N4O. The summed E-state index contributed by atoms with van der Waals surface area (Å²) in [5.74, 6) is -0.980. The fourth-order valence-corrected chi connectivity index (χ4v) is 2.98. The Morgan fingerprint density at radius 1 is 1.12 bits per heavy atom. The van der Waals surface area contributed by atoms with Crippen LogP contribution in [0.2, 0.25) is 0 Å². The molecular weight excluding hydrogens is 326 g/mol. The van der Waals surface area contributed by atoms with Gasteiger partial charge < -0.3 is 10.6 Å². The van der Waals surface area contributed by atoms with Crippen molar-refractivity contribution in [3.05, 3.63) is 47.4 Å². The Kier molecular flexibility index (Phi) is 5.21. The first-order valence-corrected chi connectivity index (χ1v) is 8.40. The largest absolute Gasteiger partial charge is 0.348 e. The first-order chi connectivity index (χ1) is 12.0. The molecule has 0 atom stereocenters. The van der Waals surface area contributed by atoms with Crippen LogP contribution in [0.15, 0.2) is 24.3 Å². The van der Waals surface area contributed by atoms with E-state index in [1.54, 1.807) is 6.92 Å². The topological polar surface area (TPSA) is 66.9 Å². The normalized spacial score (nSPS) is 15.0. The van der Waals surface area contributed by atoms with Gasteiger partial charge in [-0.05, 0) is 31.9 Å².